The number of rotatable bonds is 11. The molecule has 0 saturated heterocycles. The van der Waals surface area contributed by atoms with Gasteiger partial charge in [0.15, 0.2) is 0 Å². The molecule has 0 atom stereocenters. The molecule has 0 heterocycles. The zero-order valence-electron chi connectivity index (χ0n) is 39.6. The van der Waals surface area contributed by atoms with Gasteiger partial charge in [-0.2, -0.15) is 0 Å². The summed E-state index contributed by atoms with van der Waals surface area (Å²) in [5.41, 5.74) is 24.0. The number of fused-ring (bicyclic) bond motifs is 7. The monoisotopic (exact) mass is 892 g/mol. The molecule has 12 rings (SSSR count). The van der Waals surface area contributed by atoms with E-state index in [9.17, 15) is 0 Å². The minimum Gasteiger partial charge on any atom is -0.0990 e. The number of allylic oxidation sites excluding steroid dienone is 13. The lowest BCUT2D eigenvalue weighted by atomic mass is 9.67. The molecule has 0 fully saturated rings. The van der Waals surface area contributed by atoms with Crippen LogP contribution in [0.2, 0.25) is 0 Å². The summed E-state index contributed by atoms with van der Waals surface area (Å²) in [7, 11) is 0. The SMILES string of the molecule is C=C/C=C(\C=C)c1cc2c(-c3ccccc3)c3c(c(C(/C=C\C)=C/C=C)c2cc1C1=CCCC=C1)-c1cccc2c(-c4ccc5c(c4)-c4ccccc4C5(c4ccccc4)c4ccccc4)ccc-3c12. The van der Waals surface area contributed by atoms with E-state index < -0.39 is 5.41 Å². The standard InChI is InChI=1S/C70H52/c1-5-24-46(8-4)58-44-61-62(45-59(58)47-27-13-9-14-28-47)65(48(25-6-2)26-7-3)68-56-37-23-36-55-53(40-41-57(67(55)56)69(68)66(61)49-29-15-10-16-30-49)50-39-42-64-60(43-50)54-35-21-22-38-63(54)70(64,51-31-17-11-18-32-51)52-33-19-12-20-34-52/h5-8,10-13,15-45H,1-2,4,9,14H2,3H3/b26-7-,46-24+,48-25+. The molecule has 0 amide bonds. The molecule has 70 heavy (non-hydrogen) atoms. The fourth-order valence-corrected chi connectivity index (χ4v) is 12.2. The topological polar surface area (TPSA) is 0 Å². The summed E-state index contributed by atoms with van der Waals surface area (Å²) in [5.74, 6) is 0. The van der Waals surface area contributed by atoms with Crippen LogP contribution in [0.15, 0.2) is 256 Å². The summed E-state index contributed by atoms with van der Waals surface area (Å²) in [6, 6.07) is 66.0. The average molecular weight is 893 g/mol. The van der Waals surface area contributed by atoms with E-state index in [4.69, 9.17) is 0 Å². The van der Waals surface area contributed by atoms with Crippen molar-refractivity contribution in [1.82, 2.24) is 0 Å². The Morgan fingerprint density at radius 1 is 0.486 bits per heavy atom. The minimum absolute atomic E-state index is 0.454. The lowest BCUT2D eigenvalue weighted by molar-refractivity contribution is 0.768. The molecule has 332 valence electrons. The molecule has 0 nitrogen and oxygen atoms in total. The maximum Gasteiger partial charge on any atom is 0.0713 e. The second-order valence-electron chi connectivity index (χ2n) is 18.5. The first-order valence-corrected chi connectivity index (χ1v) is 24.5. The first kappa shape index (κ1) is 42.8. The van der Waals surface area contributed by atoms with Gasteiger partial charge in [0.1, 0.15) is 0 Å². The van der Waals surface area contributed by atoms with E-state index in [1.54, 1.807) is 0 Å². The van der Waals surface area contributed by atoms with Gasteiger partial charge in [0.05, 0.1) is 5.41 Å². The fraction of sp³-hybridized carbons (Fsp3) is 0.0571. The maximum atomic E-state index is 4.32. The molecule has 9 aromatic rings. The van der Waals surface area contributed by atoms with E-state index in [0.29, 0.717) is 0 Å². The fourth-order valence-electron chi connectivity index (χ4n) is 12.2. The van der Waals surface area contributed by atoms with Crippen LogP contribution in [0.4, 0.5) is 0 Å². The van der Waals surface area contributed by atoms with Crippen LogP contribution >= 0.6 is 0 Å². The third-order valence-corrected chi connectivity index (χ3v) is 14.9. The molecule has 9 aromatic carbocycles. The molecular weight excluding hydrogens is 841 g/mol. The molecule has 0 heteroatoms. The number of benzene rings is 9. The first-order valence-electron chi connectivity index (χ1n) is 24.5. The van der Waals surface area contributed by atoms with Crippen molar-refractivity contribution in [3.63, 3.8) is 0 Å². The largest absolute Gasteiger partial charge is 0.0990 e. The minimum atomic E-state index is -0.454. The van der Waals surface area contributed by atoms with Gasteiger partial charge in [-0.3, -0.25) is 0 Å². The Bertz CT molecular complexity index is 3750. The van der Waals surface area contributed by atoms with Crippen molar-refractivity contribution < 1.29 is 0 Å². The molecule has 0 unspecified atom stereocenters. The number of hydrogen-bond acceptors (Lipinski definition) is 0. The quantitative estimate of drug-likeness (QED) is 0.114. The third-order valence-electron chi connectivity index (χ3n) is 14.9. The Labute approximate surface area is 412 Å². The summed E-state index contributed by atoms with van der Waals surface area (Å²) in [6.45, 7) is 14.8. The lowest BCUT2D eigenvalue weighted by Gasteiger charge is -2.33. The van der Waals surface area contributed by atoms with Gasteiger partial charge in [0.2, 0.25) is 0 Å². The van der Waals surface area contributed by atoms with Crippen LogP contribution in [0.3, 0.4) is 0 Å². The second-order valence-corrected chi connectivity index (χ2v) is 18.5. The highest BCUT2D eigenvalue weighted by molar-refractivity contribution is 6.28. The smallest absolute Gasteiger partial charge is 0.0713 e. The molecular formula is C70H52. The van der Waals surface area contributed by atoms with Gasteiger partial charge >= 0.3 is 0 Å². The summed E-state index contributed by atoms with van der Waals surface area (Å²) in [5, 5.41) is 4.92. The van der Waals surface area contributed by atoms with Gasteiger partial charge in [0.25, 0.3) is 0 Å². The molecule has 0 N–H and O–H groups in total. The summed E-state index contributed by atoms with van der Waals surface area (Å²) in [4.78, 5) is 0. The van der Waals surface area contributed by atoms with Crippen molar-refractivity contribution in [1.29, 1.82) is 0 Å². The number of hydrogen-bond donors (Lipinski definition) is 0. The van der Waals surface area contributed by atoms with Crippen LogP contribution in [-0.2, 0) is 5.41 Å². The van der Waals surface area contributed by atoms with Crippen LogP contribution in [0.5, 0.6) is 0 Å². The van der Waals surface area contributed by atoms with Crippen molar-refractivity contribution in [2.24, 2.45) is 0 Å². The normalized spacial score (nSPS) is 14.4. The van der Waals surface area contributed by atoms with Gasteiger partial charge in [-0.15, -0.1) is 0 Å². The summed E-state index contributed by atoms with van der Waals surface area (Å²) >= 11 is 0. The Morgan fingerprint density at radius 3 is 1.84 bits per heavy atom. The predicted molar refractivity (Wildman–Crippen MR) is 302 cm³/mol. The van der Waals surface area contributed by atoms with Crippen molar-refractivity contribution in [3.05, 3.63) is 295 Å². The highest BCUT2D eigenvalue weighted by atomic mass is 14.5. The first-order chi connectivity index (χ1) is 34.6. The van der Waals surface area contributed by atoms with E-state index in [2.05, 4.69) is 245 Å². The molecule has 0 bridgehead atoms. The summed E-state index contributed by atoms with van der Waals surface area (Å²) < 4.78 is 0. The van der Waals surface area contributed by atoms with Crippen LogP contribution in [0.25, 0.3) is 93.9 Å². The average Bonchev–Trinajstić information content (AvgIpc) is 3.91. The zero-order chi connectivity index (χ0) is 47.3. The van der Waals surface area contributed by atoms with Crippen LogP contribution in [0.1, 0.15) is 58.7 Å². The van der Waals surface area contributed by atoms with Crippen molar-refractivity contribution in [3.8, 4) is 55.6 Å². The summed E-state index contributed by atoms with van der Waals surface area (Å²) in [6.07, 6.45) is 23.5. The van der Waals surface area contributed by atoms with Gasteiger partial charge in [-0.25, -0.2) is 0 Å². The van der Waals surface area contributed by atoms with E-state index in [0.717, 1.165) is 29.6 Å². The van der Waals surface area contributed by atoms with E-state index in [1.807, 2.05) is 18.2 Å². The lowest BCUT2D eigenvalue weighted by Crippen LogP contribution is -2.28. The molecule has 0 aromatic heterocycles. The van der Waals surface area contributed by atoms with Crippen LogP contribution < -0.4 is 0 Å². The van der Waals surface area contributed by atoms with E-state index >= 15 is 0 Å². The highest BCUT2D eigenvalue weighted by Gasteiger charge is 2.46. The van der Waals surface area contributed by atoms with Gasteiger partial charge in [-0.1, -0.05) is 238 Å². The van der Waals surface area contributed by atoms with Crippen LogP contribution in [-0.4, -0.2) is 0 Å². The van der Waals surface area contributed by atoms with E-state index in [1.165, 1.54) is 116 Å². The van der Waals surface area contributed by atoms with Gasteiger partial charge in [-0.05, 0) is 171 Å². The molecule has 0 saturated carbocycles. The van der Waals surface area contributed by atoms with Crippen molar-refractivity contribution >= 4 is 38.3 Å². The Kier molecular flexibility index (Phi) is 10.7. The molecule has 0 spiro atoms. The second kappa shape index (κ2) is 17.5. The predicted octanol–water partition coefficient (Wildman–Crippen LogP) is 19.0. The Morgan fingerprint density at radius 2 is 1.14 bits per heavy atom. The van der Waals surface area contributed by atoms with Gasteiger partial charge in [0, 0.05) is 0 Å². The van der Waals surface area contributed by atoms with Crippen molar-refractivity contribution in [2.75, 3.05) is 0 Å². The maximum absolute atomic E-state index is 4.32. The Balaban J connectivity index is 1.17. The highest BCUT2D eigenvalue weighted by Crippen LogP contribution is 2.60. The third kappa shape index (κ3) is 6.44. The zero-order valence-corrected chi connectivity index (χ0v) is 39.6. The van der Waals surface area contributed by atoms with Crippen LogP contribution in [0, 0.1) is 0 Å². The molecule has 3 aliphatic carbocycles. The van der Waals surface area contributed by atoms with Crippen molar-refractivity contribution in [2.45, 2.75) is 25.2 Å². The molecule has 0 radical (unpaired) electrons. The molecule has 0 aliphatic heterocycles. The molecule has 3 aliphatic rings. The van der Waals surface area contributed by atoms with Gasteiger partial charge < -0.3 is 0 Å². The Hall–Kier alpha value is -8.58. The van der Waals surface area contributed by atoms with E-state index in [-0.39, 0.29) is 0 Å².